The van der Waals surface area contributed by atoms with Crippen LogP contribution in [0.4, 0.5) is 0 Å². The lowest BCUT2D eigenvalue weighted by molar-refractivity contribution is -0.127. The maximum Gasteiger partial charge on any atom is 0.240 e. The highest BCUT2D eigenvalue weighted by atomic mass is 16.2. The van der Waals surface area contributed by atoms with Crippen LogP contribution in [0.15, 0.2) is 0 Å². The van der Waals surface area contributed by atoms with Crippen molar-refractivity contribution in [3.8, 4) is 6.07 Å². The van der Waals surface area contributed by atoms with E-state index in [0.29, 0.717) is 0 Å². The van der Waals surface area contributed by atoms with Gasteiger partial charge in [0.2, 0.25) is 5.91 Å². The van der Waals surface area contributed by atoms with E-state index in [1.54, 1.807) is 13.8 Å². The summed E-state index contributed by atoms with van der Waals surface area (Å²) in [6.45, 7) is 5.54. The zero-order valence-electron chi connectivity index (χ0n) is 10.5. The minimum atomic E-state index is -0.904. The van der Waals surface area contributed by atoms with Gasteiger partial charge in [0.1, 0.15) is 5.41 Å². The number of nitrogens with one attached hydrogen (secondary N) is 1. The molecule has 1 N–H and O–H groups in total. The molecule has 90 valence electrons. The molecule has 3 heteroatoms. The Hall–Kier alpha value is -1.04. The highest BCUT2D eigenvalue weighted by molar-refractivity contribution is 5.84. The summed E-state index contributed by atoms with van der Waals surface area (Å²) in [5, 5.41) is 11.9. The Morgan fingerprint density at radius 1 is 1.50 bits per heavy atom. The lowest BCUT2D eigenvalue weighted by atomic mass is 9.83. The number of amides is 1. The molecule has 0 heterocycles. The van der Waals surface area contributed by atoms with E-state index in [9.17, 15) is 4.79 Å². The molecule has 2 unspecified atom stereocenters. The van der Waals surface area contributed by atoms with E-state index in [-0.39, 0.29) is 11.9 Å². The first-order valence-electron chi connectivity index (χ1n) is 6.21. The van der Waals surface area contributed by atoms with Crippen molar-refractivity contribution >= 4 is 5.91 Å². The van der Waals surface area contributed by atoms with E-state index in [0.717, 1.165) is 18.8 Å². The SMILES string of the molecule is CCC1CCCC(NC(=O)C(C)(C)C#N)C1. The van der Waals surface area contributed by atoms with Crippen molar-refractivity contribution in [1.29, 1.82) is 5.26 Å². The molecule has 0 saturated heterocycles. The van der Waals surface area contributed by atoms with Crippen LogP contribution < -0.4 is 5.32 Å². The fourth-order valence-corrected chi connectivity index (χ4v) is 2.21. The van der Waals surface area contributed by atoms with Crippen LogP contribution in [0.2, 0.25) is 0 Å². The fraction of sp³-hybridized carbons (Fsp3) is 0.846. The van der Waals surface area contributed by atoms with Gasteiger partial charge in [-0.3, -0.25) is 4.79 Å². The number of carbonyl (C=O) groups is 1. The average molecular weight is 222 g/mol. The van der Waals surface area contributed by atoms with E-state index >= 15 is 0 Å². The average Bonchev–Trinajstić information content (AvgIpc) is 2.29. The first kappa shape index (κ1) is 13.0. The van der Waals surface area contributed by atoms with Crippen molar-refractivity contribution in [3.63, 3.8) is 0 Å². The first-order valence-corrected chi connectivity index (χ1v) is 6.21. The molecule has 0 spiro atoms. The molecular formula is C13H22N2O. The lowest BCUT2D eigenvalue weighted by Crippen LogP contribution is -2.44. The lowest BCUT2D eigenvalue weighted by Gasteiger charge is -2.30. The molecule has 0 aromatic heterocycles. The van der Waals surface area contributed by atoms with Gasteiger partial charge in [0, 0.05) is 6.04 Å². The first-order chi connectivity index (χ1) is 7.49. The van der Waals surface area contributed by atoms with Gasteiger partial charge in [-0.05, 0) is 32.6 Å². The van der Waals surface area contributed by atoms with E-state index in [2.05, 4.69) is 12.2 Å². The van der Waals surface area contributed by atoms with Crippen LogP contribution in [0.25, 0.3) is 0 Å². The second-order valence-electron chi connectivity index (χ2n) is 5.35. The van der Waals surface area contributed by atoms with Gasteiger partial charge in [-0.2, -0.15) is 5.26 Å². The Morgan fingerprint density at radius 3 is 2.75 bits per heavy atom. The van der Waals surface area contributed by atoms with Crippen molar-refractivity contribution in [2.24, 2.45) is 11.3 Å². The Bertz CT molecular complexity index is 291. The number of nitrogens with zero attached hydrogens (tertiary/aromatic N) is 1. The third-order valence-electron chi connectivity index (χ3n) is 3.54. The van der Waals surface area contributed by atoms with Gasteiger partial charge in [0.25, 0.3) is 0 Å². The quantitative estimate of drug-likeness (QED) is 0.798. The molecule has 0 aromatic carbocycles. The number of hydrogen-bond donors (Lipinski definition) is 1. The Morgan fingerprint density at radius 2 is 2.19 bits per heavy atom. The third-order valence-corrected chi connectivity index (χ3v) is 3.54. The summed E-state index contributed by atoms with van der Waals surface area (Å²) in [5.74, 6) is 0.612. The van der Waals surface area contributed by atoms with Crippen LogP contribution in [0, 0.1) is 22.7 Å². The van der Waals surface area contributed by atoms with Crippen LogP contribution in [-0.4, -0.2) is 11.9 Å². The maximum atomic E-state index is 11.8. The smallest absolute Gasteiger partial charge is 0.240 e. The van der Waals surface area contributed by atoms with Gasteiger partial charge in [-0.25, -0.2) is 0 Å². The Kier molecular flexibility index (Phi) is 4.35. The fourth-order valence-electron chi connectivity index (χ4n) is 2.21. The molecule has 1 fully saturated rings. The second kappa shape index (κ2) is 5.34. The van der Waals surface area contributed by atoms with E-state index in [1.165, 1.54) is 19.3 Å². The molecule has 0 bridgehead atoms. The summed E-state index contributed by atoms with van der Waals surface area (Å²) in [6.07, 6.45) is 5.79. The molecule has 1 rings (SSSR count). The monoisotopic (exact) mass is 222 g/mol. The zero-order chi connectivity index (χ0) is 12.2. The maximum absolute atomic E-state index is 11.8. The predicted octanol–water partition coefficient (Wildman–Crippen LogP) is 2.62. The summed E-state index contributed by atoms with van der Waals surface area (Å²) in [7, 11) is 0. The molecule has 3 nitrogen and oxygen atoms in total. The van der Waals surface area contributed by atoms with Gasteiger partial charge in [-0.1, -0.05) is 26.2 Å². The van der Waals surface area contributed by atoms with Gasteiger partial charge in [-0.15, -0.1) is 0 Å². The minimum absolute atomic E-state index is 0.128. The molecule has 16 heavy (non-hydrogen) atoms. The molecular weight excluding hydrogens is 200 g/mol. The normalized spacial score (nSPS) is 25.9. The highest BCUT2D eigenvalue weighted by Gasteiger charge is 2.30. The van der Waals surface area contributed by atoms with Crippen molar-refractivity contribution in [2.45, 2.75) is 58.9 Å². The summed E-state index contributed by atoms with van der Waals surface area (Å²) in [5.41, 5.74) is -0.904. The zero-order valence-corrected chi connectivity index (χ0v) is 10.5. The molecule has 0 radical (unpaired) electrons. The molecule has 0 aromatic rings. The standard InChI is InChI=1S/C13H22N2O/c1-4-10-6-5-7-11(8-10)15-12(16)13(2,3)9-14/h10-11H,4-8H2,1-3H3,(H,15,16). The summed E-state index contributed by atoms with van der Waals surface area (Å²) in [4.78, 5) is 11.8. The van der Waals surface area contributed by atoms with Crippen molar-refractivity contribution in [2.75, 3.05) is 0 Å². The number of hydrogen-bond acceptors (Lipinski definition) is 2. The van der Waals surface area contributed by atoms with Gasteiger partial charge in [0.15, 0.2) is 0 Å². The second-order valence-corrected chi connectivity index (χ2v) is 5.35. The number of carbonyl (C=O) groups excluding carboxylic acids is 1. The largest absolute Gasteiger partial charge is 0.352 e. The topological polar surface area (TPSA) is 52.9 Å². The van der Waals surface area contributed by atoms with Crippen molar-refractivity contribution in [1.82, 2.24) is 5.32 Å². The van der Waals surface area contributed by atoms with E-state index in [1.807, 2.05) is 6.07 Å². The van der Waals surface area contributed by atoms with E-state index in [4.69, 9.17) is 5.26 Å². The summed E-state index contributed by atoms with van der Waals surface area (Å²) in [6, 6.07) is 2.32. The van der Waals surface area contributed by atoms with Crippen LogP contribution in [0.3, 0.4) is 0 Å². The minimum Gasteiger partial charge on any atom is -0.352 e. The Labute approximate surface area is 98.2 Å². The van der Waals surface area contributed by atoms with E-state index < -0.39 is 5.41 Å². The Balaban J connectivity index is 2.49. The highest BCUT2D eigenvalue weighted by Crippen LogP contribution is 2.27. The predicted molar refractivity (Wildman–Crippen MR) is 63.6 cm³/mol. The van der Waals surface area contributed by atoms with Gasteiger partial charge < -0.3 is 5.32 Å². The molecule has 0 aliphatic heterocycles. The van der Waals surface area contributed by atoms with Crippen LogP contribution in [0.5, 0.6) is 0 Å². The summed E-state index contributed by atoms with van der Waals surface area (Å²) < 4.78 is 0. The van der Waals surface area contributed by atoms with Crippen molar-refractivity contribution < 1.29 is 4.79 Å². The number of rotatable bonds is 3. The van der Waals surface area contributed by atoms with Crippen molar-refractivity contribution in [3.05, 3.63) is 0 Å². The van der Waals surface area contributed by atoms with Crippen LogP contribution in [0.1, 0.15) is 52.9 Å². The molecule has 1 amide bonds. The van der Waals surface area contributed by atoms with Crippen LogP contribution in [-0.2, 0) is 4.79 Å². The molecule has 1 saturated carbocycles. The number of nitriles is 1. The van der Waals surface area contributed by atoms with Gasteiger partial charge in [0.05, 0.1) is 6.07 Å². The third kappa shape index (κ3) is 3.23. The summed E-state index contributed by atoms with van der Waals surface area (Å²) >= 11 is 0. The van der Waals surface area contributed by atoms with Gasteiger partial charge >= 0.3 is 0 Å². The molecule has 2 atom stereocenters. The molecule has 1 aliphatic rings. The van der Waals surface area contributed by atoms with Crippen LogP contribution >= 0.6 is 0 Å². The molecule has 1 aliphatic carbocycles.